The molecule has 6 nitrogen and oxygen atoms in total. The monoisotopic (exact) mass is 266 g/mol. The second kappa shape index (κ2) is 10.4. The van der Waals surface area contributed by atoms with E-state index < -0.39 is 24.0 Å². The lowest BCUT2D eigenvalue weighted by molar-refractivity contribution is -0.140. The number of carbonyl (C=O) groups is 2. The maximum absolute atomic E-state index is 10.2. The summed E-state index contributed by atoms with van der Waals surface area (Å²) in [4.78, 5) is 20.1. The molecule has 7 heteroatoms. The van der Waals surface area contributed by atoms with Gasteiger partial charge in [-0.25, -0.2) is 0 Å². The predicted molar refractivity (Wildman–Crippen MR) is 69.1 cm³/mol. The van der Waals surface area contributed by atoms with Crippen LogP contribution in [0.4, 0.5) is 0 Å². The van der Waals surface area contributed by atoms with Crippen molar-refractivity contribution in [2.75, 3.05) is 12.0 Å². The molecule has 0 saturated heterocycles. The van der Waals surface area contributed by atoms with Crippen molar-refractivity contribution in [3.05, 3.63) is 0 Å². The van der Waals surface area contributed by atoms with Gasteiger partial charge in [0.1, 0.15) is 12.1 Å². The zero-order valence-electron chi connectivity index (χ0n) is 10.4. The second-order valence-corrected chi connectivity index (χ2v) is 4.56. The molecule has 0 aromatic rings. The van der Waals surface area contributed by atoms with Crippen LogP contribution < -0.4 is 11.5 Å². The van der Waals surface area contributed by atoms with E-state index in [1.807, 2.05) is 20.1 Å². The van der Waals surface area contributed by atoms with Gasteiger partial charge in [0.05, 0.1) is 0 Å². The van der Waals surface area contributed by atoms with Crippen LogP contribution in [0.15, 0.2) is 0 Å². The summed E-state index contributed by atoms with van der Waals surface area (Å²) < 4.78 is 0. The molecule has 102 valence electrons. The molecule has 0 bridgehead atoms. The van der Waals surface area contributed by atoms with E-state index in [2.05, 4.69) is 0 Å². The average Bonchev–Trinajstić information content (AvgIpc) is 2.27. The summed E-state index contributed by atoms with van der Waals surface area (Å²) in [6, 6.07) is -1.40. The summed E-state index contributed by atoms with van der Waals surface area (Å²) in [5, 5.41) is 16.5. The fourth-order valence-corrected chi connectivity index (χ4v) is 1.25. The zero-order chi connectivity index (χ0) is 14.0. The number of rotatable bonds is 6. The summed E-state index contributed by atoms with van der Waals surface area (Å²) in [5.41, 5.74) is 10.4. The van der Waals surface area contributed by atoms with E-state index in [0.717, 1.165) is 6.42 Å². The first kappa shape index (κ1) is 18.6. The third-order valence-corrected chi connectivity index (χ3v) is 2.90. The molecule has 0 aromatic heterocycles. The zero-order valence-corrected chi connectivity index (χ0v) is 11.2. The van der Waals surface area contributed by atoms with E-state index in [4.69, 9.17) is 21.7 Å². The Labute approximate surface area is 106 Å². The molecule has 17 heavy (non-hydrogen) atoms. The highest BCUT2D eigenvalue weighted by molar-refractivity contribution is 7.98. The standard InChI is InChI=1S/C6H13NO2.C4H9NO2S/c1-3-4(2)5(7)6(8)9;1-8-2-3(5)4(6)7/h4-5H,3,7H2,1-2H3,(H,8,9);3H,2,5H2,1H3,(H,6,7)/t4-,5-;3-/m00/s1. The Bertz CT molecular complexity index is 238. The molecule has 0 heterocycles. The fraction of sp³-hybridized carbons (Fsp3) is 0.800. The van der Waals surface area contributed by atoms with Crippen LogP contribution in [0, 0.1) is 5.92 Å². The lowest BCUT2D eigenvalue weighted by atomic mass is 10.0. The van der Waals surface area contributed by atoms with E-state index in [0.29, 0.717) is 5.75 Å². The van der Waals surface area contributed by atoms with Crippen molar-refractivity contribution >= 4 is 23.7 Å². The molecule has 0 amide bonds. The summed E-state index contributed by atoms with van der Waals surface area (Å²) >= 11 is 1.43. The predicted octanol–water partition coefficient (Wildman–Crippen LogP) is 0.206. The van der Waals surface area contributed by atoms with Gasteiger partial charge in [0, 0.05) is 5.75 Å². The van der Waals surface area contributed by atoms with Crippen molar-refractivity contribution in [1.29, 1.82) is 0 Å². The number of aliphatic carboxylic acids is 2. The highest BCUT2D eigenvalue weighted by atomic mass is 32.2. The van der Waals surface area contributed by atoms with Gasteiger partial charge >= 0.3 is 11.9 Å². The quantitative estimate of drug-likeness (QED) is 0.541. The number of thioether (sulfide) groups is 1. The number of hydrogen-bond acceptors (Lipinski definition) is 5. The topological polar surface area (TPSA) is 127 Å². The molecule has 0 fully saturated rings. The van der Waals surface area contributed by atoms with Crippen molar-refractivity contribution in [3.63, 3.8) is 0 Å². The number of nitrogens with two attached hydrogens (primary N) is 2. The first-order valence-corrected chi connectivity index (χ1v) is 6.62. The molecule has 0 aliphatic heterocycles. The Morgan fingerprint density at radius 3 is 1.82 bits per heavy atom. The van der Waals surface area contributed by atoms with Crippen molar-refractivity contribution in [2.24, 2.45) is 17.4 Å². The Balaban J connectivity index is 0. The van der Waals surface area contributed by atoms with Crippen LogP contribution in [0.2, 0.25) is 0 Å². The average molecular weight is 266 g/mol. The Hall–Kier alpha value is -0.790. The van der Waals surface area contributed by atoms with E-state index in [-0.39, 0.29) is 5.92 Å². The fourth-order valence-electron chi connectivity index (χ4n) is 0.748. The first-order chi connectivity index (χ1) is 7.77. The van der Waals surface area contributed by atoms with Gasteiger partial charge in [-0.15, -0.1) is 0 Å². The third-order valence-electron chi connectivity index (χ3n) is 2.21. The number of hydrogen-bond donors (Lipinski definition) is 4. The summed E-state index contributed by atoms with van der Waals surface area (Å²) in [6.45, 7) is 3.76. The van der Waals surface area contributed by atoms with Gasteiger partial charge in [0.15, 0.2) is 0 Å². The Morgan fingerprint density at radius 1 is 1.24 bits per heavy atom. The third kappa shape index (κ3) is 10.1. The molecule has 0 spiro atoms. The van der Waals surface area contributed by atoms with Crippen LogP contribution in [0.1, 0.15) is 20.3 Å². The maximum atomic E-state index is 10.2. The minimum absolute atomic E-state index is 0.0718. The van der Waals surface area contributed by atoms with Gasteiger partial charge in [-0.05, 0) is 12.2 Å². The normalized spacial score (nSPS) is 15.1. The molecule has 6 N–H and O–H groups in total. The highest BCUT2D eigenvalue weighted by Gasteiger charge is 2.17. The van der Waals surface area contributed by atoms with Crippen molar-refractivity contribution in [3.8, 4) is 0 Å². The van der Waals surface area contributed by atoms with Gasteiger partial charge in [-0.1, -0.05) is 20.3 Å². The van der Waals surface area contributed by atoms with Gasteiger partial charge in [0.2, 0.25) is 0 Å². The summed E-state index contributed by atoms with van der Waals surface area (Å²) in [7, 11) is 0. The van der Waals surface area contributed by atoms with Crippen molar-refractivity contribution < 1.29 is 19.8 Å². The number of carboxylic acid groups (broad SMARTS) is 2. The Kier molecular flexibility index (Phi) is 11.3. The molecule has 0 aliphatic rings. The molecule has 0 aromatic carbocycles. The van der Waals surface area contributed by atoms with Crippen LogP contribution in [0.25, 0.3) is 0 Å². The van der Waals surface area contributed by atoms with Crippen LogP contribution in [0.5, 0.6) is 0 Å². The van der Waals surface area contributed by atoms with Crippen LogP contribution >= 0.6 is 11.8 Å². The van der Waals surface area contributed by atoms with Crippen LogP contribution in [-0.2, 0) is 9.59 Å². The molecular weight excluding hydrogens is 244 g/mol. The largest absolute Gasteiger partial charge is 0.480 e. The lowest BCUT2D eigenvalue weighted by Gasteiger charge is -2.11. The SMILES string of the molecule is CC[C@H](C)[C@H](N)C(=O)O.CSC[C@H](N)C(=O)O. The van der Waals surface area contributed by atoms with Gasteiger partial charge < -0.3 is 21.7 Å². The molecule has 0 unspecified atom stereocenters. The number of carboxylic acids is 2. The van der Waals surface area contributed by atoms with Gasteiger partial charge in [0.25, 0.3) is 0 Å². The van der Waals surface area contributed by atoms with E-state index in [9.17, 15) is 9.59 Å². The molecule has 0 saturated carbocycles. The van der Waals surface area contributed by atoms with Crippen molar-refractivity contribution in [2.45, 2.75) is 32.4 Å². The van der Waals surface area contributed by atoms with Crippen molar-refractivity contribution in [1.82, 2.24) is 0 Å². The van der Waals surface area contributed by atoms with Gasteiger partial charge in [-0.2, -0.15) is 11.8 Å². The second-order valence-electron chi connectivity index (χ2n) is 3.65. The summed E-state index contributed by atoms with van der Waals surface area (Å²) in [5.74, 6) is -1.29. The highest BCUT2D eigenvalue weighted by Crippen LogP contribution is 2.04. The smallest absolute Gasteiger partial charge is 0.321 e. The maximum Gasteiger partial charge on any atom is 0.321 e. The van der Waals surface area contributed by atoms with Gasteiger partial charge in [-0.3, -0.25) is 9.59 Å². The van der Waals surface area contributed by atoms with Crippen LogP contribution in [-0.4, -0.2) is 46.2 Å². The molecule has 3 atom stereocenters. The molecular formula is C10H22N2O4S. The van der Waals surface area contributed by atoms with E-state index in [1.54, 1.807) is 0 Å². The minimum Gasteiger partial charge on any atom is -0.480 e. The molecule has 0 rings (SSSR count). The summed E-state index contributed by atoms with van der Waals surface area (Å²) in [6.07, 6.45) is 2.64. The van der Waals surface area contributed by atoms with Crippen LogP contribution in [0.3, 0.4) is 0 Å². The Morgan fingerprint density at radius 2 is 1.71 bits per heavy atom. The molecule has 0 aliphatic carbocycles. The first-order valence-electron chi connectivity index (χ1n) is 5.23. The molecule has 0 radical (unpaired) electrons. The van der Waals surface area contributed by atoms with E-state index in [1.165, 1.54) is 11.8 Å². The lowest BCUT2D eigenvalue weighted by Crippen LogP contribution is -2.36. The van der Waals surface area contributed by atoms with E-state index >= 15 is 0 Å². The minimum atomic E-state index is -0.931.